The molecule has 0 bridgehead atoms. The minimum atomic E-state index is -0.213. The van der Waals surface area contributed by atoms with Crippen molar-refractivity contribution in [2.24, 2.45) is 0 Å². The smallest absolute Gasteiger partial charge is 0.306 e. The van der Waals surface area contributed by atoms with Crippen molar-refractivity contribution < 1.29 is 14.3 Å². The summed E-state index contributed by atoms with van der Waals surface area (Å²) in [6.07, 6.45) is 1.21. The van der Waals surface area contributed by atoms with Crippen LogP contribution < -0.4 is 5.56 Å². The Kier molecular flexibility index (Phi) is 7.56. The molecule has 0 amide bonds. The van der Waals surface area contributed by atoms with E-state index in [1.165, 1.54) is 0 Å². The van der Waals surface area contributed by atoms with Crippen molar-refractivity contribution in [2.75, 3.05) is 6.61 Å². The van der Waals surface area contributed by atoms with Crippen molar-refractivity contribution in [2.45, 2.75) is 39.7 Å². The first kappa shape index (κ1) is 24.1. The number of fused-ring (bicyclic) bond motifs is 1. The van der Waals surface area contributed by atoms with E-state index in [1.54, 1.807) is 11.5 Å². The molecule has 178 valence electrons. The van der Waals surface area contributed by atoms with Gasteiger partial charge in [0.1, 0.15) is 0 Å². The van der Waals surface area contributed by atoms with Gasteiger partial charge in [0.05, 0.1) is 18.8 Å². The molecule has 1 heterocycles. The summed E-state index contributed by atoms with van der Waals surface area (Å²) >= 11 is 0. The summed E-state index contributed by atoms with van der Waals surface area (Å²) in [6, 6.07) is 25.1. The van der Waals surface area contributed by atoms with E-state index in [2.05, 4.69) is 0 Å². The summed E-state index contributed by atoms with van der Waals surface area (Å²) < 4.78 is 6.61. The second-order valence-electron chi connectivity index (χ2n) is 8.42. The van der Waals surface area contributed by atoms with Gasteiger partial charge in [0, 0.05) is 23.8 Å². The van der Waals surface area contributed by atoms with Crippen LogP contribution >= 0.6 is 0 Å². The van der Waals surface area contributed by atoms with Crippen LogP contribution in [0.5, 0.6) is 0 Å². The number of carbonyl (C=O) groups excluding carboxylic acids is 2. The first-order valence-corrected chi connectivity index (χ1v) is 12.0. The fraction of sp³-hybridized carbons (Fsp3) is 0.233. The van der Waals surface area contributed by atoms with Crippen LogP contribution in [-0.4, -0.2) is 22.9 Å². The second-order valence-corrected chi connectivity index (χ2v) is 8.42. The summed E-state index contributed by atoms with van der Waals surface area (Å²) in [5.74, 6) is -0.284. The van der Waals surface area contributed by atoms with E-state index < -0.39 is 0 Å². The van der Waals surface area contributed by atoms with Crippen LogP contribution in [0.4, 0.5) is 0 Å². The molecule has 0 aliphatic rings. The van der Waals surface area contributed by atoms with Gasteiger partial charge in [-0.2, -0.15) is 0 Å². The number of aromatic nitrogens is 1. The number of hydrogen-bond donors (Lipinski definition) is 0. The Morgan fingerprint density at radius 3 is 2.09 bits per heavy atom. The van der Waals surface area contributed by atoms with Gasteiger partial charge >= 0.3 is 5.97 Å². The van der Waals surface area contributed by atoms with E-state index in [4.69, 9.17) is 4.74 Å². The maximum atomic E-state index is 13.6. The normalized spacial score (nSPS) is 10.9. The van der Waals surface area contributed by atoms with E-state index in [-0.39, 0.29) is 23.9 Å². The van der Waals surface area contributed by atoms with Crippen LogP contribution in [0.15, 0.2) is 83.7 Å². The van der Waals surface area contributed by atoms with Gasteiger partial charge in [0.15, 0.2) is 5.78 Å². The van der Waals surface area contributed by atoms with E-state index in [1.807, 2.05) is 85.8 Å². The highest BCUT2D eigenvalue weighted by Crippen LogP contribution is 2.31. The monoisotopic (exact) mass is 467 g/mol. The highest BCUT2D eigenvalue weighted by molar-refractivity contribution is 6.09. The van der Waals surface area contributed by atoms with Crippen LogP contribution in [-0.2, 0) is 22.5 Å². The molecule has 5 nitrogen and oxygen atoms in total. The highest BCUT2D eigenvalue weighted by atomic mass is 16.5. The number of ether oxygens (including phenoxy) is 1. The molecule has 4 rings (SSSR count). The van der Waals surface area contributed by atoms with Gasteiger partial charge in [0.2, 0.25) is 0 Å². The van der Waals surface area contributed by atoms with Gasteiger partial charge in [-0.1, -0.05) is 79.7 Å². The molecule has 1 aromatic heterocycles. The maximum Gasteiger partial charge on any atom is 0.306 e. The van der Waals surface area contributed by atoms with Gasteiger partial charge < -0.3 is 4.74 Å². The van der Waals surface area contributed by atoms with E-state index >= 15 is 0 Å². The number of pyridine rings is 1. The number of Topliss-reactive ketones (excluding diaryl/α,β-unsaturated/α-hetero) is 1. The second kappa shape index (κ2) is 11.0. The number of hydrogen-bond acceptors (Lipinski definition) is 4. The summed E-state index contributed by atoms with van der Waals surface area (Å²) in [5.41, 5.74) is 3.88. The molecule has 0 spiro atoms. The summed E-state index contributed by atoms with van der Waals surface area (Å²) in [6.45, 7) is 4.27. The molecule has 0 radical (unpaired) electrons. The number of ketones is 1. The lowest BCUT2D eigenvalue weighted by Crippen LogP contribution is -2.28. The molecule has 0 aliphatic heterocycles. The topological polar surface area (TPSA) is 65.4 Å². The van der Waals surface area contributed by atoms with Crippen LogP contribution in [0.3, 0.4) is 0 Å². The average molecular weight is 468 g/mol. The quantitative estimate of drug-likeness (QED) is 0.230. The van der Waals surface area contributed by atoms with E-state index in [0.29, 0.717) is 36.9 Å². The van der Waals surface area contributed by atoms with Crippen LogP contribution in [0.25, 0.3) is 21.9 Å². The van der Waals surface area contributed by atoms with E-state index in [0.717, 1.165) is 27.6 Å². The molecule has 0 atom stereocenters. The molecular weight excluding hydrogens is 438 g/mol. The Morgan fingerprint density at radius 1 is 0.800 bits per heavy atom. The molecule has 0 aliphatic carbocycles. The Hall–Kier alpha value is -3.99. The Labute approximate surface area is 205 Å². The fourth-order valence-electron chi connectivity index (χ4n) is 4.38. The number of rotatable bonds is 9. The van der Waals surface area contributed by atoms with Crippen molar-refractivity contribution in [3.8, 4) is 11.1 Å². The van der Waals surface area contributed by atoms with E-state index in [9.17, 15) is 14.4 Å². The van der Waals surface area contributed by atoms with Crippen molar-refractivity contribution >= 4 is 22.5 Å². The Morgan fingerprint density at radius 2 is 1.43 bits per heavy atom. The minimum absolute atomic E-state index is 0.0715. The molecule has 35 heavy (non-hydrogen) atoms. The van der Waals surface area contributed by atoms with Gasteiger partial charge in [-0.25, -0.2) is 0 Å². The molecule has 0 fully saturated rings. The zero-order chi connectivity index (χ0) is 24.8. The van der Waals surface area contributed by atoms with Crippen LogP contribution in [0.2, 0.25) is 0 Å². The summed E-state index contributed by atoms with van der Waals surface area (Å²) in [5, 5.41) is 1.37. The summed E-state index contributed by atoms with van der Waals surface area (Å²) in [7, 11) is 0. The van der Waals surface area contributed by atoms with Crippen LogP contribution in [0.1, 0.15) is 48.3 Å². The lowest BCUT2D eigenvalue weighted by molar-refractivity contribution is -0.143. The Balaban J connectivity index is 1.79. The molecule has 4 aromatic rings. The number of carbonyl (C=O) groups is 2. The van der Waals surface area contributed by atoms with Crippen molar-refractivity contribution in [3.63, 3.8) is 0 Å². The lowest BCUT2D eigenvalue weighted by Gasteiger charge is -2.19. The minimum Gasteiger partial charge on any atom is -0.466 e. The van der Waals surface area contributed by atoms with Crippen LogP contribution in [0, 0.1) is 0 Å². The largest absolute Gasteiger partial charge is 0.466 e. The molecule has 0 saturated heterocycles. The first-order chi connectivity index (χ1) is 17.0. The molecule has 5 heteroatoms. The molecule has 0 N–H and O–H groups in total. The van der Waals surface area contributed by atoms with Gasteiger partial charge in [-0.15, -0.1) is 0 Å². The van der Waals surface area contributed by atoms with Gasteiger partial charge in [0.25, 0.3) is 5.56 Å². The summed E-state index contributed by atoms with van der Waals surface area (Å²) in [4.78, 5) is 38.5. The highest BCUT2D eigenvalue weighted by Gasteiger charge is 2.22. The number of nitrogens with zero attached hydrogens (tertiary/aromatic N) is 1. The third-order valence-corrected chi connectivity index (χ3v) is 6.11. The molecular formula is C30H29NO4. The zero-order valence-corrected chi connectivity index (χ0v) is 20.1. The predicted molar refractivity (Wildman–Crippen MR) is 139 cm³/mol. The first-order valence-electron chi connectivity index (χ1n) is 12.0. The van der Waals surface area contributed by atoms with Crippen molar-refractivity contribution in [1.29, 1.82) is 0 Å². The number of esters is 1. The van der Waals surface area contributed by atoms with Gasteiger partial charge in [-0.05, 0) is 41.5 Å². The zero-order valence-electron chi connectivity index (χ0n) is 20.1. The lowest BCUT2D eigenvalue weighted by atomic mass is 9.94. The van der Waals surface area contributed by atoms with Crippen molar-refractivity contribution in [1.82, 2.24) is 4.57 Å². The Bertz CT molecular complexity index is 1400. The number of benzene rings is 3. The van der Waals surface area contributed by atoms with Gasteiger partial charge in [-0.3, -0.25) is 19.0 Å². The maximum absolute atomic E-state index is 13.6. The predicted octanol–water partition coefficient (Wildman–Crippen LogP) is 5.81. The molecule has 0 unspecified atom stereocenters. The third kappa shape index (κ3) is 5.24. The fourth-order valence-corrected chi connectivity index (χ4v) is 4.38. The average Bonchev–Trinajstić information content (AvgIpc) is 2.90. The molecule has 0 saturated carbocycles. The van der Waals surface area contributed by atoms with Crippen molar-refractivity contribution in [3.05, 3.63) is 106 Å². The standard InChI is InChI=1S/C30H29NO4/c1-3-26(32)29-28(23-10-6-5-7-11-23)24-12-8-9-13-25(24)30(34)31(29)20-22-16-14-21(15-17-22)18-19-27(33)35-4-2/h5-17H,3-4,18-20H2,1-2H3. The molecule has 3 aromatic carbocycles. The number of aryl methyl sites for hydroxylation is 1. The SMILES string of the molecule is CCOC(=O)CCc1ccc(Cn2c(C(=O)CC)c(-c3ccccc3)c3ccccc3c2=O)cc1. The third-order valence-electron chi connectivity index (χ3n) is 6.11.